The molecule has 0 fully saturated rings. The summed E-state index contributed by atoms with van der Waals surface area (Å²) in [7, 11) is 0. The fourth-order valence-electron chi connectivity index (χ4n) is 2.25. The Labute approximate surface area is 117 Å². The molecule has 0 aliphatic heterocycles. The Balaban J connectivity index is 2.40. The van der Waals surface area contributed by atoms with Crippen LogP contribution >= 0.6 is 0 Å². The van der Waals surface area contributed by atoms with Crippen molar-refractivity contribution in [3.8, 4) is 0 Å². The Hall–Kier alpha value is -0.870. The van der Waals surface area contributed by atoms with Crippen LogP contribution in [0.2, 0.25) is 0 Å². The van der Waals surface area contributed by atoms with Crippen molar-refractivity contribution >= 4 is 0 Å². The SMILES string of the molecule is CCCCOCCCn1cncc1C(CN)C(C)C. The third kappa shape index (κ3) is 5.33. The number of aromatic nitrogens is 2. The van der Waals surface area contributed by atoms with E-state index in [1.165, 1.54) is 12.1 Å². The van der Waals surface area contributed by atoms with Crippen molar-refractivity contribution in [1.29, 1.82) is 0 Å². The first-order valence-electron chi connectivity index (χ1n) is 7.48. The Bertz CT molecular complexity index is 336. The molecule has 0 aliphatic carbocycles. The number of imidazole rings is 1. The van der Waals surface area contributed by atoms with Gasteiger partial charge in [0.1, 0.15) is 0 Å². The van der Waals surface area contributed by atoms with Gasteiger partial charge in [-0.25, -0.2) is 4.98 Å². The molecule has 1 aromatic heterocycles. The highest BCUT2D eigenvalue weighted by molar-refractivity contribution is 5.08. The minimum absolute atomic E-state index is 0.392. The average Bonchev–Trinajstić information content (AvgIpc) is 2.82. The van der Waals surface area contributed by atoms with Crippen molar-refractivity contribution in [3.05, 3.63) is 18.2 Å². The first-order chi connectivity index (χ1) is 9.20. The van der Waals surface area contributed by atoms with Gasteiger partial charge in [-0.05, 0) is 18.8 Å². The number of aryl methyl sites for hydroxylation is 1. The zero-order valence-electron chi connectivity index (χ0n) is 12.6. The Morgan fingerprint density at radius 2 is 2.05 bits per heavy atom. The van der Waals surface area contributed by atoms with Crippen molar-refractivity contribution in [2.75, 3.05) is 19.8 Å². The zero-order chi connectivity index (χ0) is 14.1. The molecule has 0 spiro atoms. The summed E-state index contributed by atoms with van der Waals surface area (Å²) < 4.78 is 7.81. The second kappa shape index (κ2) is 9.10. The maximum absolute atomic E-state index is 5.88. The fourth-order valence-corrected chi connectivity index (χ4v) is 2.25. The van der Waals surface area contributed by atoms with Crippen LogP contribution in [0.15, 0.2) is 12.5 Å². The average molecular weight is 267 g/mol. The van der Waals surface area contributed by atoms with E-state index in [4.69, 9.17) is 10.5 Å². The van der Waals surface area contributed by atoms with Crippen LogP contribution in [0.25, 0.3) is 0 Å². The fraction of sp³-hybridized carbons (Fsp3) is 0.800. The lowest BCUT2D eigenvalue weighted by Gasteiger charge is -2.20. The normalized spacial score (nSPS) is 13.1. The highest BCUT2D eigenvalue weighted by atomic mass is 16.5. The maximum Gasteiger partial charge on any atom is 0.0948 e. The van der Waals surface area contributed by atoms with Crippen LogP contribution < -0.4 is 5.73 Å². The van der Waals surface area contributed by atoms with Gasteiger partial charge in [-0.2, -0.15) is 0 Å². The second-order valence-electron chi connectivity index (χ2n) is 5.42. The van der Waals surface area contributed by atoms with Gasteiger partial charge >= 0.3 is 0 Å². The summed E-state index contributed by atoms with van der Waals surface area (Å²) >= 11 is 0. The van der Waals surface area contributed by atoms with Crippen LogP contribution in [0, 0.1) is 5.92 Å². The topological polar surface area (TPSA) is 53.1 Å². The summed E-state index contributed by atoms with van der Waals surface area (Å²) in [4.78, 5) is 4.27. The van der Waals surface area contributed by atoms with Crippen LogP contribution in [0.5, 0.6) is 0 Å². The van der Waals surface area contributed by atoms with Crippen LogP contribution in [-0.2, 0) is 11.3 Å². The van der Waals surface area contributed by atoms with Gasteiger partial charge in [0.15, 0.2) is 0 Å². The van der Waals surface area contributed by atoms with E-state index in [0.29, 0.717) is 18.4 Å². The number of hydrogen-bond acceptors (Lipinski definition) is 3. The number of ether oxygens (including phenoxy) is 1. The van der Waals surface area contributed by atoms with E-state index in [9.17, 15) is 0 Å². The molecule has 0 saturated carbocycles. The predicted molar refractivity (Wildman–Crippen MR) is 79.2 cm³/mol. The van der Waals surface area contributed by atoms with Crippen LogP contribution in [-0.4, -0.2) is 29.3 Å². The molecular formula is C15H29N3O. The summed E-state index contributed by atoms with van der Waals surface area (Å²) in [6.07, 6.45) is 7.24. The third-order valence-corrected chi connectivity index (χ3v) is 3.51. The van der Waals surface area contributed by atoms with Gasteiger partial charge in [0.05, 0.1) is 6.33 Å². The maximum atomic E-state index is 5.88. The molecule has 0 bridgehead atoms. The van der Waals surface area contributed by atoms with Gasteiger partial charge < -0.3 is 15.0 Å². The smallest absolute Gasteiger partial charge is 0.0948 e. The Morgan fingerprint density at radius 1 is 1.32 bits per heavy atom. The minimum Gasteiger partial charge on any atom is -0.381 e. The molecule has 0 saturated heterocycles. The second-order valence-corrected chi connectivity index (χ2v) is 5.42. The molecule has 110 valence electrons. The zero-order valence-corrected chi connectivity index (χ0v) is 12.6. The van der Waals surface area contributed by atoms with Gasteiger partial charge in [0, 0.05) is 44.1 Å². The summed E-state index contributed by atoms with van der Waals surface area (Å²) in [6.45, 7) is 9.95. The van der Waals surface area contributed by atoms with Gasteiger partial charge in [0.2, 0.25) is 0 Å². The van der Waals surface area contributed by atoms with Gasteiger partial charge in [-0.15, -0.1) is 0 Å². The lowest BCUT2D eigenvalue weighted by atomic mass is 9.93. The summed E-state index contributed by atoms with van der Waals surface area (Å²) in [5, 5.41) is 0. The largest absolute Gasteiger partial charge is 0.381 e. The van der Waals surface area contributed by atoms with E-state index in [0.717, 1.165) is 32.6 Å². The van der Waals surface area contributed by atoms with E-state index >= 15 is 0 Å². The molecule has 1 rings (SSSR count). The predicted octanol–water partition coefficient (Wildman–Crippen LogP) is 2.79. The van der Waals surface area contributed by atoms with E-state index in [-0.39, 0.29) is 0 Å². The molecule has 19 heavy (non-hydrogen) atoms. The van der Waals surface area contributed by atoms with Crippen molar-refractivity contribution in [3.63, 3.8) is 0 Å². The van der Waals surface area contributed by atoms with Crippen molar-refractivity contribution in [2.45, 2.75) is 52.5 Å². The third-order valence-electron chi connectivity index (χ3n) is 3.51. The van der Waals surface area contributed by atoms with Crippen molar-refractivity contribution in [2.24, 2.45) is 11.7 Å². The van der Waals surface area contributed by atoms with E-state index in [2.05, 4.69) is 30.3 Å². The van der Waals surface area contributed by atoms with E-state index in [1.54, 1.807) is 0 Å². The summed E-state index contributed by atoms with van der Waals surface area (Å²) in [5.41, 5.74) is 7.13. The lowest BCUT2D eigenvalue weighted by Crippen LogP contribution is -2.21. The number of unbranched alkanes of at least 4 members (excludes halogenated alkanes) is 1. The number of hydrogen-bond donors (Lipinski definition) is 1. The number of nitrogens with zero attached hydrogens (tertiary/aromatic N) is 2. The van der Waals surface area contributed by atoms with Crippen LogP contribution in [0.3, 0.4) is 0 Å². The molecule has 1 atom stereocenters. The molecule has 1 unspecified atom stereocenters. The van der Waals surface area contributed by atoms with Gasteiger partial charge in [-0.3, -0.25) is 0 Å². The highest BCUT2D eigenvalue weighted by Crippen LogP contribution is 2.23. The van der Waals surface area contributed by atoms with Crippen LogP contribution in [0.4, 0.5) is 0 Å². The molecule has 4 heteroatoms. The molecule has 2 N–H and O–H groups in total. The van der Waals surface area contributed by atoms with E-state index in [1.807, 2.05) is 12.5 Å². The van der Waals surface area contributed by atoms with Gasteiger partial charge in [0.25, 0.3) is 0 Å². The molecule has 4 nitrogen and oxygen atoms in total. The molecule has 1 heterocycles. The molecule has 0 radical (unpaired) electrons. The van der Waals surface area contributed by atoms with Crippen molar-refractivity contribution < 1.29 is 4.74 Å². The molecular weight excluding hydrogens is 238 g/mol. The summed E-state index contributed by atoms with van der Waals surface area (Å²) in [6, 6.07) is 0. The number of nitrogens with two attached hydrogens (primary N) is 1. The molecule has 0 aliphatic rings. The van der Waals surface area contributed by atoms with Crippen LogP contribution in [0.1, 0.15) is 51.6 Å². The molecule has 1 aromatic rings. The monoisotopic (exact) mass is 267 g/mol. The minimum atomic E-state index is 0.392. The van der Waals surface area contributed by atoms with Crippen molar-refractivity contribution in [1.82, 2.24) is 9.55 Å². The van der Waals surface area contributed by atoms with Gasteiger partial charge in [-0.1, -0.05) is 27.2 Å². The van der Waals surface area contributed by atoms with E-state index < -0.39 is 0 Å². The first kappa shape index (κ1) is 16.2. The Kier molecular flexibility index (Phi) is 7.75. The quantitative estimate of drug-likeness (QED) is 0.663. The highest BCUT2D eigenvalue weighted by Gasteiger charge is 2.17. The Morgan fingerprint density at radius 3 is 2.68 bits per heavy atom. The number of rotatable bonds is 10. The molecule has 0 amide bonds. The standard InChI is InChI=1S/C15H29N3O/c1-4-5-8-19-9-6-7-18-12-17-11-15(18)14(10-16)13(2)3/h11-14H,4-10,16H2,1-3H3. The first-order valence-corrected chi connectivity index (χ1v) is 7.48. The lowest BCUT2D eigenvalue weighted by molar-refractivity contribution is 0.125. The molecule has 0 aromatic carbocycles. The summed E-state index contributed by atoms with van der Waals surface area (Å²) in [5.74, 6) is 0.935.